The molecule has 0 saturated heterocycles. The van der Waals surface area contributed by atoms with Gasteiger partial charge in [-0.25, -0.2) is 8.78 Å². The second-order valence-corrected chi connectivity index (χ2v) is 7.68. The van der Waals surface area contributed by atoms with Gasteiger partial charge in [-0.05, 0) is 35.9 Å². The molecule has 4 rings (SSSR count). The number of amides is 1. The van der Waals surface area contributed by atoms with Gasteiger partial charge >= 0.3 is 0 Å². The maximum absolute atomic E-state index is 14.3. The van der Waals surface area contributed by atoms with E-state index in [0.29, 0.717) is 22.7 Å². The highest BCUT2D eigenvalue weighted by molar-refractivity contribution is 6.30. The lowest BCUT2D eigenvalue weighted by Crippen LogP contribution is -2.37. The average Bonchev–Trinajstić information content (AvgIpc) is 3.22. The molecule has 158 valence electrons. The van der Waals surface area contributed by atoms with Crippen LogP contribution in [0, 0.1) is 11.6 Å². The monoisotopic (exact) mass is 440 g/mol. The third-order valence-electron chi connectivity index (χ3n) is 5.00. The van der Waals surface area contributed by atoms with E-state index in [9.17, 15) is 13.6 Å². The number of halogens is 3. The quantitative estimate of drug-likeness (QED) is 0.511. The van der Waals surface area contributed by atoms with Gasteiger partial charge in [-0.1, -0.05) is 59.2 Å². The van der Waals surface area contributed by atoms with Crippen molar-refractivity contribution in [3.8, 4) is 0 Å². The van der Waals surface area contributed by atoms with E-state index in [1.807, 2.05) is 6.07 Å². The maximum atomic E-state index is 14.3. The van der Waals surface area contributed by atoms with Gasteiger partial charge in [-0.15, -0.1) is 0 Å². The molecule has 0 N–H and O–H groups in total. The van der Waals surface area contributed by atoms with E-state index in [4.69, 9.17) is 16.4 Å². The molecule has 1 aliphatic heterocycles. The molecule has 4 nitrogen and oxygen atoms in total. The van der Waals surface area contributed by atoms with Crippen LogP contribution >= 0.6 is 11.6 Å². The first-order valence-corrected chi connectivity index (χ1v) is 10.1. The summed E-state index contributed by atoms with van der Waals surface area (Å²) in [4.78, 5) is 20.1. The van der Waals surface area contributed by atoms with Crippen molar-refractivity contribution in [1.29, 1.82) is 0 Å². The van der Waals surface area contributed by atoms with Crippen LogP contribution in [0.1, 0.15) is 27.9 Å². The molecule has 3 aromatic carbocycles. The molecule has 0 fully saturated rings. The predicted molar refractivity (Wildman–Crippen MR) is 115 cm³/mol. The Labute approximate surface area is 183 Å². The van der Waals surface area contributed by atoms with Crippen LogP contribution in [0.15, 0.2) is 78.0 Å². The van der Waals surface area contributed by atoms with Crippen LogP contribution in [-0.2, 0) is 11.4 Å². The first-order valence-electron chi connectivity index (χ1n) is 9.77. The summed E-state index contributed by atoms with van der Waals surface area (Å²) in [6.45, 7) is 0.365. The summed E-state index contributed by atoms with van der Waals surface area (Å²) >= 11 is 6.08. The lowest BCUT2D eigenvalue weighted by molar-refractivity contribution is 0.0402. The number of hydrogen-bond donors (Lipinski definition) is 0. The number of carbonyl (C=O) groups is 1. The Morgan fingerprint density at radius 1 is 1.03 bits per heavy atom. The van der Waals surface area contributed by atoms with E-state index in [-0.39, 0.29) is 24.5 Å². The molecular formula is C24H19ClF2N2O2. The molecule has 3 aromatic rings. The predicted octanol–water partition coefficient (Wildman–Crippen LogP) is 5.45. The van der Waals surface area contributed by atoms with E-state index in [1.165, 1.54) is 29.2 Å². The molecule has 0 aromatic heterocycles. The highest BCUT2D eigenvalue weighted by atomic mass is 35.5. The van der Waals surface area contributed by atoms with Crippen molar-refractivity contribution in [2.75, 3.05) is 6.54 Å². The van der Waals surface area contributed by atoms with E-state index in [1.54, 1.807) is 42.5 Å². The number of rotatable bonds is 6. The Hall–Kier alpha value is -3.25. The second-order valence-electron chi connectivity index (χ2n) is 7.24. The van der Waals surface area contributed by atoms with Gasteiger partial charge in [-0.3, -0.25) is 4.79 Å². The Bertz CT molecular complexity index is 1140. The van der Waals surface area contributed by atoms with E-state index in [2.05, 4.69) is 5.16 Å². The summed E-state index contributed by atoms with van der Waals surface area (Å²) in [7, 11) is 0. The van der Waals surface area contributed by atoms with Gasteiger partial charge in [-0.2, -0.15) is 0 Å². The zero-order valence-electron chi connectivity index (χ0n) is 16.5. The maximum Gasteiger partial charge on any atom is 0.257 e. The Kier molecular flexibility index (Phi) is 6.28. The van der Waals surface area contributed by atoms with Gasteiger partial charge in [0, 0.05) is 23.6 Å². The molecule has 1 aliphatic rings. The van der Waals surface area contributed by atoms with Crippen LogP contribution in [0.4, 0.5) is 8.78 Å². The molecule has 1 unspecified atom stereocenters. The average molecular weight is 441 g/mol. The van der Waals surface area contributed by atoms with Gasteiger partial charge in [0.05, 0.1) is 17.8 Å². The van der Waals surface area contributed by atoms with Gasteiger partial charge in [0.15, 0.2) is 6.10 Å². The standard InChI is InChI=1S/C24H19ClF2N2O2/c25-17-7-5-6-16(12-17)14-29(24(30)20-9-2-4-11-22(20)27)15-18-13-23(28-31-18)19-8-1-3-10-21(19)26/h1-12,18H,13-15H2. The van der Waals surface area contributed by atoms with Crippen LogP contribution in [0.25, 0.3) is 0 Å². The van der Waals surface area contributed by atoms with Gasteiger partial charge in [0.2, 0.25) is 0 Å². The fourth-order valence-corrected chi connectivity index (χ4v) is 3.72. The van der Waals surface area contributed by atoms with Gasteiger partial charge in [0.25, 0.3) is 5.91 Å². The Morgan fingerprint density at radius 2 is 1.77 bits per heavy atom. The largest absolute Gasteiger partial charge is 0.390 e. The fraction of sp³-hybridized carbons (Fsp3) is 0.167. The first-order chi connectivity index (χ1) is 15.0. The smallest absolute Gasteiger partial charge is 0.257 e. The summed E-state index contributed by atoms with van der Waals surface area (Å²) in [5, 5.41) is 4.56. The van der Waals surface area contributed by atoms with Crippen LogP contribution in [0.5, 0.6) is 0 Å². The molecule has 0 saturated carbocycles. The molecule has 0 bridgehead atoms. The van der Waals surface area contributed by atoms with Crippen molar-refractivity contribution in [2.24, 2.45) is 5.16 Å². The SMILES string of the molecule is O=C(c1ccccc1F)N(Cc1cccc(Cl)c1)CC1CC(c2ccccc2F)=NO1. The fourth-order valence-electron chi connectivity index (χ4n) is 3.51. The molecule has 1 atom stereocenters. The van der Waals surface area contributed by atoms with Gasteiger partial charge < -0.3 is 9.74 Å². The Balaban J connectivity index is 1.54. The molecule has 0 radical (unpaired) electrons. The van der Waals surface area contributed by atoms with Crippen molar-refractivity contribution in [1.82, 2.24) is 4.90 Å². The summed E-state index contributed by atoms with van der Waals surface area (Å²) in [6.07, 6.45) is -0.151. The molecule has 31 heavy (non-hydrogen) atoms. The minimum atomic E-state index is -0.598. The number of hydrogen-bond acceptors (Lipinski definition) is 3. The molecule has 0 spiro atoms. The van der Waals surface area contributed by atoms with Crippen LogP contribution < -0.4 is 0 Å². The third-order valence-corrected chi connectivity index (χ3v) is 5.23. The highest BCUT2D eigenvalue weighted by Crippen LogP contribution is 2.22. The number of oxime groups is 1. The number of nitrogens with zero attached hydrogens (tertiary/aromatic N) is 2. The third kappa shape index (κ3) is 4.91. The summed E-state index contributed by atoms with van der Waals surface area (Å²) in [5.41, 5.74) is 1.61. The van der Waals surface area contributed by atoms with Crippen molar-refractivity contribution < 1.29 is 18.4 Å². The van der Waals surface area contributed by atoms with Crippen molar-refractivity contribution in [3.05, 3.63) is 106 Å². The van der Waals surface area contributed by atoms with Crippen LogP contribution in [0.3, 0.4) is 0 Å². The lowest BCUT2D eigenvalue weighted by Gasteiger charge is -2.25. The second kappa shape index (κ2) is 9.27. The van der Waals surface area contributed by atoms with Crippen LogP contribution in [-0.4, -0.2) is 29.2 Å². The van der Waals surface area contributed by atoms with Crippen LogP contribution in [0.2, 0.25) is 5.02 Å². The number of carbonyl (C=O) groups excluding carboxylic acids is 1. The van der Waals surface area contributed by atoms with Crippen molar-refractivity contribution >= 4 is 23.2 Å². The zero-order valence-corrected chi connectivity index (χ0v) is 17.2. The van der Waals surface area contributed by atoms with E-state index >= 15 is 0 Å². The summed E-state index contributed by atoms with van der Waals surface area (Å²) < 4.78 is 28.4. The van der Waals surface area contributed by atoms with E-state index in [0.717, 1.165) is 5.56 Å². The molecule has 0 aliphatic carbocycles. The Morgan fingerprint density at radius 3 is 2.52 bits per heavy atom. The van der Waals surface area contributed by atoms with Crippen molar-refractivity contribution in [3.63, 3.8) is 0 Å². The molecule has 1 amide bonds. The summed E-state index contributed by atoms with van der Waals surface area (Å²) in [5.74, 6) is -1.45. The molecular weight excluding hydrogens is 422 g/mol. The minimum Gasteiger partial charge on any atom is -0.390 e. The molecule has 1 heterocycles. The normalized spacial score (nSPS) is 15.3. The minimum absolute atomic E-state index is 0.0298. The highest BCUT2D eigenvalue weighted by Gasteiger charge is 2.29. The summed E-state index contributed by atoms with van der Waals surface area (Å²) in [6, 6.07) is 19.3. The zero-order chi connectivity index (χ0) is 21.8. The molecule has 7 heteroatoms. The van der Waals surface area contributed by atoms with Crippen molar-refractivity contribution in [2.45, 2.75) is 19.1 Å². The topological polar surface area (TPSA) is 41.9 Å². The van der Waals surface area contributed by atoms with E-state index < -0.39 is 17.8 Å². The van der Waals surface area contributed by atoms with Gasteiger partial charge in [0.1, 0.15) is 11.6 Å². The lowest BCUT2D eigenvalue weighted by atomic mass is 10.0. The first kappa shape index (κ1) is 21.0. The number of benzene rings is 3.